The molecular formula is C16H16ClN3OS. The van der Waals surface area contributed by atoms with Gasteiger partial charge in [0.25, 0.3) is 5.56 Å². The van der Waals surface area contributed by atoms with Crippen molar-refractivity contribution >= 4 is 23.4 Å². The van der Waals surface area contributed by atoms with Gasteiger partial charge in [-0.25, -0.2) is 4.98 Å². The summed E-state index contributed by atoms with van der Waals surface area (Å²) in [7, 11) is 0. The number of benzene rings is 1. The van der Waals surface area contributed by atoms with Crippen LogP contribution in [0.4, 0.5) is 0 Å². The first-order valence-corrected chi connectivity index (χ1v) is 8.27. The predicted octanol–water partition coefficient (Wildman–Crippen LogP) is 3.98. The van der Waals surface area contributed by atoms with Crippen molar-refractivity contribution in [2.75, 3.05) is 6.26 Å². The minimum Gasteiger partial charge on any atom is -0.300 e. The van der Waals surface area contributed by atoms with Crippen molar-refractivity contribution in [3.05, 3.63) is 44.7 Å². The molecule has 6 heteroatoms. The fourth-order valence-corrected chi connectivity index (χ4v) is 2.61. The van der Waals surface area contributed by atoms with E-state index in [4.69, 9.17) is 11.6 Å². The van der Waals surface area contributed by atoms with E-state index < -0.39 is 5.56 Å². The second-order valence-corrected chi connectivity index (χ2v) is 7.06. The lowest BCUT2D eigenvalue weighted by Gasteiger charge is -2.20. The number of nitrogens with zero attached hydrogens (tertiary/aromatic N) is 2. The minimum absolute atomic E-state index is 0.0224. The van der Waals surface area contributed by atoms with E-state index in [1.807, 2.05) is 18.2 Å². The van der Waals surface area contributed by atoms with Crippen LogP contribution in [-0.2, 0) is 5.41 Å². The Kier molecular flexibility index (Phi) is 4.64. The van der Waals surface area contributed by atoms with E-state index in [9.17, 15) is 10.1 Å². The highest BCUT2D eigenvalue weighted by molar-refractivity contribution is 7.98. The molecule has 0 fully saturated rings. The average Bonchev–Trinajstić information content (AvgIpc) is 2.45. The van der Waals surface area contributed by atoms with Gasteiger partial charge in [-0.2, -0.15) is 5.26 Å². The molecular weight excluding hydrogens is 318 g/mol. The average molecular weight is 334 g/mol. The van der Waals surface area contributed by atoms with Gasteiger partial charge < -0.3 is 4.98 Å². The van der Waals surface area contributed by atoms with Gasteiger partial charge in [0.1, 0.15) is 11.6 Å². The lowest BCUT2D eigenvalue weighted by molar-refractivity contribution is 0.590. The minimum atomic E-state index is -0.450. The number of thioether (sulfide) groups is 1. The second-order valence-electron chi connectivity index (χ2n) is 5.86. The molecule has 1 N–H and O–H groups in total. The van der Waals surface area contributed by atoms with Crippen LogP contribution in [0.15, 0.2) is 28.2 Å². The molecule has 0 bridgehead atoms. The van der Waals surface area contributed by atoms with E-state index in [0.717, 1.165) is 5.56 Å². The number of nitrogens with one attached hydrogen (secondary N) is 1. The Hall–Kier alpha value is -1.77. The monoisotopic (exact) mass is 333 g/mol. The van der Waals surface area contributed by atoms with Crippen LogP contribution in [0.1, 0.15) is 31.9 Å². The van der Waals surface area contributed by atoms with E-state index in [1.165, 1.54) is 11.8 Å². The Labute approximate surface area is 138 Å². The largest absolute Gasteiger partial charge is 0.300 e. The summed E-state index contributed by atoms with van der Waals surface area (Å²) in [5.74, 6) is 0. The summed E-state index contributed by atoms with van der Waals surface area (Å²) in [5, 5.41) is 10.2. The van der Waals surface area contributed by atoms with Crippen molar-refractivity contribution in [1.29, 1.82) is 5.26 Å². The summed E-state index contributed by atoms with van der Waals surface area (Å²) in [4.78, 5) is 19.0. The van der Waals surface area contributed by atoms with Gasteiger partial charge in [0.15, 0.2) is 5.16 Å². The van der Waals surface area contributed by atoms with Crippen molar-refractivity contribution in [3.8, 4) is 17.3 Å². The molecule has 1 aromatic heterocycles. The molecule has 22 heavy (non-hydrogen) atoms. The fourth-order valence-electron chi connectivity index (χ4n) is 2.02. The molecule has 2 aromatic rings. The zero-order valence-electron chi connectivity index (χ0n) is 12.8. The molecule has 0 aliphatic rings. The number of aromatic amines is 1. The lowest BCUT2D eigenvalue weighted by atomic mass is 9.85. The van der Waals surface area contributed by atoms with Crippen LogP contribution in [0.3, 0.4) is 0 Å². The summed E-state index contributed by atoms with van der Waals surface area (Å²) < 4.78 is 0. The topological polar surface area (TPSA) is 69.5 Å². The molecule has 0 radical (unpaired) electrons. The third-order valence-corrected chi connectivity index (χ3v) is 4.20. The number of nitriles is 1. The van der Waals surface area contributed by atoms with Crippen LogP contribution in [-0.4, -0.2) is 16.2 Å². The van der Waals surface area contributed by atoms with Crippen LogP contribution in [0, 0.1) is 11.3 Å². The van der Waals surface area contributed by atoms with Gasteiger partial charge in [-0.15, -0.1) is 0 Å². The predicted molar refractivity (Wildman–Crippen MR) is 90.5 cm³/mol. The van der Waals surface area contributed by atoms with Crippen LogP contribution >= 0.6 is 23.4 Å². The van der Waals surface area contributed by atoms with Gasteiger partial charge in [0.05, 0.1) is 10.7 Å². The standard InChI is InChI=1S/C16H16ClN3OS/c1-16(2,3)9-5-6-12(17)10(7-9)13-11(8-18)14(21)20-15(19-13)22-4/h5-7H,1-4H3,(H,19,20,21). The van der Waals surface area contributed by atoms with Crippen molar-refractivity contribution in [2.45, 2.75) is 31.3 Å². The first-order valence-electron chi connectivity index (χ1n) is 6.66. The normalized spacial score (nSPS) is 11.3. The molecule has 1 aromatic carbocycles. The molecule has 0 aliphatic heterocycles. The number of rotatable bonds is 2. The molecule has 0 atom stereocenters. The third kappa shape index (κ3) is 3.18. The number of aromatic nitrogens is 2. The maximum Gasteiger partial charge on any atom is 0.270 e. The van der Waals surface area contributed by atoms with Crippen molar-refractivity contribution in [1.82, 2.24) is 9.97 Å². The molecule has 2 rings (SSSR count). The quantitative estimate of drug-likeness (QED) is 0.666. The van der Waals surface area contributed by atoms with Crippen molar-refractivity contribution in [2.24, 2.45) is 0 Å². The molecule has 0 amide bonds. The van der Waals surface area contributed by atoms with Gasteiger partial charge in [-0.3, -0.25) is 4.79 Å². The highest BCUT2D eigenvalue weighted by atomic mass is 35.5. The summed E-state index contributed by atoms with van der Waals surface area (Å²) in [5.41, 5.74) is 1.44. The smallest absolute Gasteiger partial charge is 0.270 e. The summed E-state index contributed by atoms with van der Waals surface area (Å²) in [6.07, 6.45) is 1.81. The Morgan fingerprint density at radius 3 is 2.59 bits per heavy atom. The molecule has 1 heterocycles. The molecule has 4 nitrogen and oxygen atoms in total. The zero-order chi connectivity index (χ0) is 16.5. The van der Waals surface area contributed by atoms with Crippen molar-refractivity contribution < 1.29 is 0 Å². The number of H-pyrrole nitrogens is 1. The second kappa shape index (κ2) is 6.15. The summed E-state index contributed by atoms with van der Waals surface area (Å²) in [6, 6.07) is 7.55. The van der Waals surface area contributed by atoms with Gasteiger partial charge in [0.2, 0.25) is 0 Å². The maximum atomic E-state index is 12.0. The zero-order valence-corrected chi connectivity index (χ0v) is 14.4. The molecule has 0 saturated heterocycles. The SMILES string of the molecule is CSc1nc(-c2cc(C(C)(C)C)ccc2Cl)c(C#N)c(=O)[nH]1. The number of halogens is 1. The van der Waals surface area contributed by atoms with E-state index in [0.29, 0.717) is 21.4 Å². The number of hydrogen-bond acceptors (Lipinski definition) is 4. The third-order valence-electron chi connectivity index (χ3n) is 3.29. The molecule has 0 unspecified atom stereocenters. The summed E-state index contributed by atoms with van der Waals surface area (Å²) >= 11 is 7.60. The Morgan fingerprint density at radius 1 is 1.36 bits per heavy atom. The summed E-state index contributed by atoms with van der Waals surface area (Å²) in [6.45, 7) is 6.26. The maximum absolute atomic E-state index is 12.0. The Morgan fingerprint density at radius 2 is 2.05 bits per heavy atom. The van der Waals surface area contributed by atoms with E-state index >= 15 is 0 Å². The molecule has 0 saturated carbocycles. The Balaban J connectivity index is 2.79. The fraction of sp³-hybridized carbons (Fsp3) is 0.312. The Bertz CT molecular complexity index is 816. The van der Waals surface area contributed by atoms with Gasteiger partial charge in [-0.1, -0.05) is 50.2 Å². The molecule has 0 spiro atoms. The first-order chi connectivity index (χ1) is 10.3. The lowest BCUT2D eigenvalue weighted by Crippen LogP contribution is -2.15. The van der Waals surface area contributed by atoms with Gasteiger partial charge >= 0.3 is 0 Å². The van der Waals surface area contributed by atoms with Gasteiger partial charge in [-0.05, 0) is 29.4 Å². The number of hydrogen-bond donors (Lipinski definition) is 1. The van der Waals surface area contributed by atoms with Crippen LogP contribution in [0.2, 0.25) is 5.02 Å². The first kappa shape index (κ1) is 16.6. The van der Waals surface area contributed by atoms with Crippen LogP contribution < -0.4 is 5.56 Å². The highest BCUT2D eigenvalue weighted by Crippen LogP contribution is 2.33. The van der Waals surface area contributed by atoms with Crippen LogP contribution in [0.5, 0.6) is 0 Å². The van der Waals surface area contributed by atoms with Gasteiger partial charge in [0, 0.05) is 5.56 Å². The highest BCUT2D eigenvalue weighted by Gasteiger charge is 2.20. The van der Waals surface area contributed by atoms with Crippen molar-refractivity contribution in [3.63, 3.8) is 0 Å². The van der Waals surface area contributed by atoms with E-state index in [2.05, 4.69) is 30.7 Å². The van der Waals surface area contributed by atoms with E-state index in [-0.39, 0.29) is 11.0 Å². The van der Waals surface area contributed by atoms with Crippen LogP contribution in [0.25, 0.3) is 11.3 Å². The van der Waals surface area contributed by atoms with E-state index in [1.54, 1.807) is 12.3 Å². The molecule has 0 aliphatic carbocycles. The molecule has 114 valence electrons.